The lowest BCUT2D eigenvalue weighted by atomic mass is 10.2. The van der Waals surface area contributed by atoms with Gasteiger partial charge in [-0.3, -0.25) is 4.52 Å². The molecular formula is C5H10NO4P. The van der Waals surface area contributed by atoms with E-state index in [1.165, 1.54) is 0 Å². The average Bonchev–Trinajstić information content (AvgIpc) is 1.84. The predicted molar refractivity (Wildman–Crippen MR) is 37.4 cm³/mol. The van der Waals surface area contributed by atoms with Gasteiger partial charge in [-0.1, -0.05) is 13.3 Å². The lowest BCUT2D eigenvalue weighted by Gasteiger charge is -2.08. The van der Waals surface area contributed by atoms with Crippen LogP contribution < -0.4 is 0 Å². The van der Waals surface area contributed by atoms with Gasteiger partial charge in [0.05, 0.1) is 6.07 Å². The normalized spacial score (nSPS) is 14.0. The molecule has 0 saturated heterocycles. The van der Waals surface area contributed by atoms with E-state index in [1.54, 1.807) is 13.0 Å². The minimum Gasteiger partial charge on any atom is -0.303 e. The molecule has 0 aromatic rings. The van der Waals surface area contributed by atoms with E-state index in [2.05, 4.69) is 4.52 Å². The second kappa shape index (κ2) is 4.47. The average molecular weight is 179 g/mol. The minimum atomic E-state index is -4.49. The van der Waals surface area contributed by atoms with Crippen LogP contribution in [0.4, 0.5) is 0 Å². The Kier molecular flexibility index (Phi) is 4.31. The Hall–Kier alpha value is -0.400. The summed E-state index contributed by atoms with van der Waals surface area (Å²) in [5.74, 6) is 0. The molecule has 0 bridgehead atoms. The fourth-order valence-electron chi connectivity index (χ4n) is 0.569. The first kappa shape index (κ1) is 10.6. The molecule has 0 amide bonds. The molecule has 2 N–H and O–H groups in total. The molecule has 64 valence electrons. The Balaban J connectivity index is 3.91. The highest BCUT2D eigenvalue weighted by atomic mass is 31.2. The first-order chi connectivity index (χ1) is 4.99. The van der Waals surface area contributed by atoms with Crippen molar-refractivity contribution < 1.29 is 18.9 Å². The van der Waals surface area contributed by atoms with Gasteiger partial charge in [0, 0.05) is 0 Å². The van der Waals surface area contributed by atoms with Gasteiger partial charge >= 0.3 is 7.82 Å². The lowest BCUT2D eigenvalue weighted by molar-refractivity contribution is 0.159. The van der Waals surface area contributed by atoms with Gasteiger partial charge in [0.1, 0.15) is 0 Å². The first-order valence-corrected chi connectivity index (χ1v) is 4.66. The van der Waals surface area contributed by atoms with Gasteiger partial charge in [0.25, 0.3) is 0 Å². The summed E-state index contributed by atoms with van der Waals surface area (Å²) in [5.41, 5.74) is 0. The molecule has 1 unspecified atom stereocenters. The van der Waals surface area contributed by atoms with Crippen LogP contribution in [0.2, 0.25) is 0 Å². The highest BCUT2D eigenvalue weighted by molar-refractivity contribution is 7.46. The third-order valence-corrected chi connectivity index (χ3v) is 1.49. The van der Waals surface area contributed by atoms with Crippen molar-refractivity contribution in [1.29, 1.82) is 5.26 Å². The van der Waals surface area contributed by atoms with Crippen LogP contribution in [0, 0.1) is 11.3 Å². The maximum absolute atomic E-state index is 10.2. The van der Waals surface area contributed by atoms with Crippen molar-refractivity contribution in [2.24, 2.45) is 0 Å². The fraction of sp³-hybridized carbons (Fsp3) is 0.800. The van der Waals surface area contributed by atoms with Crippen LogP contribution in [0.5, 0.6) is 0 Å². The molecule has 0 aliphatic carbocycles. The Morgan fingerprint density at radius 1 is 1.73 bits per heavy atom. The molecule has 5 nitrogen and oxygen atoms in total. The summed E-state index contributed by atoms with van der Waals surface area (Å²) in [6, 6.07) is 1.65. The topological polar surface area (TPSA) is 90.5 Å². The van der Waals surface area contributed by atoms with Crippen molar-refractivity contribution in [2.75, 3.05) is 0 Å². The summed E-state index contributed by atoms with van der Waals surface area (Å²) in [7, 11) is -4.49. The van der Waals surface area contributed by atoms with Crippen molar-refractivity contribution >= 4 is 7.82 Å². The largest absolute Gasteiger partial charge is 0.470 e. The second-order valence-corrected chi connectivity index (χ2v) is 3.19. The molecule has 0 radical (unpaired) electrons. The van der Waals surface area contributed by atoms with Gasteiger partial charge in [-0.25, -0.2) is 4.57 Å². The standard InChI is InChI=1S/C5H10NO4P/c1-2-3-5(4-6)10-11(7,8)9/h5H,2-3H2,1H3,(H2,7,8,9). The summed E-state index contributed by atoms with van der Waals surface area (Å²) >= 11 is 0. The summed E-state index contributed by atoms with van der Waals surface area (Å²) in [6.07, 6.45) is -0.0133. The zero-order valence-corrected chi connectivity index (χ0v) is 6.99. The monoisotopic (exact) mass is 179 g/mol. The van der Waals surface area contributed by atoms with E-state index in [4.69, 9.17) is 15.0 Å². The molecule has 0 aromatic heterocycles. The lowest BCUT2D eigenvalue weighted by Crippen LogP contribution is -2.07. The minimum absolute atomic E-state index is 0.335. The summed E-state index contributed by atoms with van der Waals surface area (Å²) in [4.78, 5) is 16.6. The third-order valence-electron chi connectivity index (χ3n) is 0.959. The van der Waals surface area contributed by atoms with E-state index in [9.17, 15) is 4.57 Å². The Labute approximate surface area is 64.8 Å². The molecule has 0 spiro atoms. The molecular weight excluding hydrogens is 169 g/mol. The van der Waals surface area contributed by atoms with Crippen LogP contribution in [0.1, 0.15) is 19.8 Å². The third kappa shape index (κ3) is 6.02. The molecule has 0 saturated carbocycles. The van der Waals surface area contributed by atoms with Crippen LogP contribution >= 0.6 is 7.82 Å². The second-order valence-electron chi connectivity index (χ2n) is 2.00. The first-order valence-electron chi connectivity index (χ1n) is 3.13. The number of phosphoric ester groups is 1. The van der Waals surface area contributed by atoms with Gasteiger partial charge < -0.3 is 9.79 Å². The highest BCUT2D eigenvalue weighted by Gasteiger charge is 2.20. The summed E-state index contributed by atoms with van der Waals surface area (Å²) < 4.78 is 14.3. The fourth-order valence-corrected chi connectivity index (χ4v) is 1.05. The van der Waals surface area contributed by atoms with Crippen LogP contribution in [-0.4, -0.2) is 15.9 Å². The van der Waals surface area contributed by atoms with Gasteiger partial charge in [0.15, 0.2) is 6.10 Å². The van der Waals surface area contributed by atoms with Crippen LogP contribution in [0.15, 0.2) is 0 Å². The molecule has 0 heterocycles. The van der Waals surface area contributed by atoms with Crippen molar-refractivity contribution in [3.8, 4) is 6.07 Å². The Bertz CT molecular complexity index is 193. The molecule has 6 heteroatoms. The Morgan fingerprint density at radius 2 is 2.27 bits per heavy atom. The number of phosphoric acid groups is 1. The van der Waals surface area contributed by atoms with Gasteiger partial charge in [0.2, 0.25) is 0 Å². The van der Waals surface area contributed by atoms with E-state index in [0.717, 1.165) is 0 Å². The van der Waals surface area contributed by atoms with Crippen LogP contribution in [0.3, 0.4) is 0 Å². The van der Waals surface area contributed by atoms with E-state index in [0.29, 0.717) is 12.8 Å². The molecule has 0 aliphatic heterocycles. The van der Waals surface area contributed by atoms with Gasteiger partial charge in [-0.2, -0.15) is 5.26 Å². The zero-order chi connectivity index (χ0) is 8.91. The number of nitrogens with zero attached hydrogens (tertiary/aromatic N) is 1. The number of hydrogen-bond acceptors (Lipinski definition) is 3. The maximum atomic E-state index is 10.2. The number of nitriles is 1. The molecule has 0 aliphatic rings. The predicted octanol–water partition coefficient (Wildman–Crippen LogP) is 0.788. The Morgan fingerprint density at radius 3 is 2.55 bits per heavy atom. The zero-order valence-electron chi connectivity index (χ0n) is 6.10. The van der Waals surface area contributed by atoms with E-state index >= 15 is 0 Å². The van der Waals surface area contributed by atoms with Crippen LogP contribution in [0.25, 0.3) is 0 Å². The van der Waals surface area contributed by atoms with Crippen molar-refractivity contribution in [2.45, 2.75) is 25.9 Å². The van der Waals surface area contributed by atoms with Gasteiger partial charge in [-0.15, -0.1) is 0 Å². The molecule has 1 atom stereocenters. The summed E-state index contributed by atoms with van der Waals surface area (Å²) in [6.45, 7) is 1.80. The van der Waals surface area contributed by atoms with E-state index in [1.807, 2.05) is 0 Å². The number of rotatable bonds is 4. The number of hydrogen-bond donors (Lipinski definition) is 2. The highest BCUT2D eigenvalue weighted by Crippen LogP contribution is 2.38. The van der Waals surface area contributed by atoms with E-state index < -0.39 is 13.9 Å². The molecule has 0 fully saturated rings. The molecule has 0 aromatic carbocycles. The van der Waals surface area contributed by atoms with Crippen molar-refractivity contribution in [3.63, 3.8) is 0 Å². The van der Waals surface area contributed by atoms with Gasteiger partial charge in [-0.05, 0) is 6.42 Å². The van der Waals surface area contributed by atoms with Crippen LogP contribution in [-0.2, 0) is 9.09 Å². The smallest absolute Gasteiger partial charge is 0.303 e. The summed E-state index contributed by atoms with van der Waals surface area (Å²) in [5, 5.41) is 8.30. The molecule has 11 heavy (non-hydrogen) atoms. The molecule has 0 rings (SSSR count). The van der Waals surface area contributed by atoms with E-state index in [-0.39, 0.29) is 0 Å². The SMILES string of the molecule is CCCC(C#N)OP(=O)(O)O. The van der Waals surface area contributed by atoms with Crippen molar-refractivity contribution in [1.82, 2.24) is 0 Å². The quantitative estimate of drug-likeness (QED) is 0.622. The maximum Gasteiger partial charge on any atom is 0.470 e. The van der Waals surface area contributed by atoms with Crippen molar-refractivity contribution in [3.05, 3.63) is 0 Å².